The third-order valence-electron chi connectivity index (χ3n) is 5.54. The van der Waals surface area contributed by atoms with Crippen LogP contribution >= 0.6 is 0 Å². The SMILES string of the molecule is COc1ccc(CCC2NNC(C(=O)C3=CC(/C=C/C#N)=CCC3)=C2C(C)C)cc1. The molecule has 0 bridgehead atoms. The second-order valence-corrected chi connectivity index (χ2v) is 7.90. The summed E-state index contributed by atoms with van der Waals surface area (Å²) in [4.78, 5) is 13.3. The van der Waals surface area contributed by atoms with E-state index in [-0.39, 0.29) is 17.7 Å². The van der Waals surface area contributed by atoms with Crippen LogP contribution in [0.3, 0.4) is 0 Å². The lowest BCUT2D eigenvalue weighted by atomic mass is 9.87. The van der Waals surface area contributed by atoms with E-state index < -0.39 is 0 Å². The summed E-state index contributed by atoms with van der Waals surface area (Å²) in [5.41, 5.74) is 11.3. The maximum absolute atomic E-state index is 13.3. The van der Waals surface area contributed by atoms with Crippen molar-refractivity contribution >= 4 is 5.78 Å². The number of hydrogen-bond acceptors (Lipinski definition) is 5. The van der Waals surface area contributed by atoms with Crippen LogP contribution in [0.2, 0.25) is 0 Å². The minimum Gasteiger partial charge on any atom is -0.497 e. The van der Waals surface area contributed by atoms with E-state index in [0.29, 0.717) is 5.70 Å². The van der Waals surface area contributed by atoms with Gasteiger partial charge in [-0.15, -0.1) is 0 Å². The van der Waals surface area contributed by atoms with E-state index in [1.165, 1.54) is 11.6 Å². The third-order valence-corrected chi connectivity index (χ3v) is 5.54. The van der Waals surface area contributed by atoms with Gasteiger partial charge in [0.2, 0.25) is 5.78 Å². The number of ketones is 1. The van der Waals surface area contributed by atoms with E-state index in [1.807, 2.05) is 24.3 Å². The van der Waals surface area contributed by atoms with Crippen molar-refractivity contribution in [1.29, 1.82) is 5.26 Å². The summed E-state index contributed by atoms with van der Waals surface area (Å²) in [6.45, 7) is 4.27. The normalized spacial score (nSPS) is 18.8. The molecule has 0 fully saturated rings. The number of rotatable bonds is 8. The molecule has 5 heteroatoms. The van der Waals surface area contributed by atoms with Crippen LogP contribution in [-0.4, -0.2) is 18.9 Å². The van der Waals surface area contributed by atoms with E-state index in [2.05, 4.69) is 42.9 Å². The number of Topliss-reactive ketones (excluding diaryl/α,β-unsaturated/α-hetero) is 1. The summed E-state index contributed by atoms with van der Waals surface area (Å²) in [5, 5.41) is 8.74. The molecule has 2 N–H and O–H groups in total. The van der Waals surface area contributed by atoms with Gasteiger partial charge in [-0.25, -0.2) is 5.43 Å². The van der Waals surface area contributed by atoms with Crippen molar-refractivity contribution in [2.75, 3.05) is 7.11 Å². The Morgan fingerprint density at radius 2 is 2.10 bits per heavy atom. The molecule has 3 rings (SSSR count). The quantitative estimate of drug-likeness (QED) is 0.633. The zero-order valence-electron chi connectivity index (χ0n) is 17.9. The monoisotopic (exact) mass is 403 g/mol. The van der Waals surface area contributed by atoms with E-state index in [4.69, 9.17) is 10.00 Å². The largest absolute Gasteiger partial charge is 0.497 e. The maximum atomic E-state index is 13.3. The smallest absolute Gasteiger partial charge is 0.206 e. The summed E-state index contributed by atoms with van der Waals surface area (Å²) in [5.74, 6) is 1.16. The van der Waals surface area contributed by atoms with Gasteiger partial charge < -0.3 is 10.2 Å². The number of allylic oxidation sites excluding steroid dienone is 6. The highest BCUT2D eigenvalue weighted by Gasteiger charge is 2.31. The van der Waals surface area contributed by atoms with Crippen LogP contribution in [0, 0.1) is 17.2 Å². The van der Waals surface area contributed by atoms with Crippen LogP contribution in [-0.2, 0) is 11.2 Å². The predicted molar refractivity (Wildman–Crippen MR) is 118 cm³/mol. The number of hydrogen-bond donors (Lipinski definition) is 2. The number of nitriles is 1. The lowest BCUT2D eigenvalue weighted by molar-refractivity contribution is -0.112. The second-order valence-electron chi connectivity index (χ2n) is 7.90. The van der Waals surface area contributed by atoms with Gasteiger partial charge >= 0.3 is 0 Å². The molecule has 30 heavy (non-hydrogen) atoms. The Morgan fingerprint density at radius 3 is 2.77 bits per heavy atom. The number of carbonyl (C=O) groups is 1. The van der Waals surface area contributed by atoms with Crippen LogP contribution in [0.1, 0.15) is 38.7 Å². The van der Waals surface area contributed by atoms with Crippen molar-refractivity contribution < 1.29 is 9.53 Å². The molecule has 0 saturated carbocycles. The first-order chi connectivity index (χ1) is 14.5. The number of nitrogens with one attached hydrogen (secondary N) is 2. The fourth-order valence-corrected chi connectivity index (χ4v) is 4.01. The van der Waals surface area contributed by atoms with Crippen molar-refractivity contribution in [3.8, 4) is 11.8 Å². The lowest BCUT2D eigenvalue weighted by Gasteiger charge is -2.18. The highest BCUT2D eigenvalue weighted by atomic mass is 16.5. The molecule has 1 aromatic carbocycles. The number of hydrazine groups is 1. The topological polar surface area (TPSA) is 74.2 Å². The first kappa shape index (κ1) is 21.6. The van der Waals surface area contributed by atoms with Crippen LogP contribution in [0.15, 0.2) is 71.0 Å². The molecule has 2 aliphatic rings. The second kappa shape index (κ2) is 10.1. The van der Waals surface area contributed by atoms with E-state index in [9.17, 15) is 4.79 Å². The lowest BCUT2D eigenvalue weighted by Crippen LogP contribution is -2.34. The van der Waals surface area contributed by atoms with Gasteiger partial charge in [-0.3, -0.25) is 4.79 Å². The Bertz CT molecular complexity index is 944. The van der Waals surface area contributed by atoms with Crippen molar-refractivity contribution in [3.05, 3.63) is 76.5 Å². The van der Waals surface area contributed by atoms with Gasteiger partial charge in [-0.05, 0) is 72.6 Å². The van der Waals surface area contributed by atoms with Gasteiger partial charge in [-0.1, -0.05) is 32.1 Å². The van der Waals surface area contributed by atoms with E-state index in [0.717, 1.165) is 48.2 Å². The van der Waals surface area contributed by atoms with Gasteiger partial charge in [0.15, 0.2) is 0 Å². The zero-order valence-corrected chi connectivity index (χ0v) is 17.9. The standard InChI is InChI=1S/C25H29N3O2/c1-17(2)23-22(14-11-18-9-12-21(30-3)13-10-18)27-28-24(23)25(29)20-8-4-6-19(16-20)7-5-15-26/h5-7,9-10,12-13,16-17,22,27-28H,4,8,11,14H2,1-3H3/b7-5+. The molecule has 1 unspecified atom stereocenters. The minimum absolute atomic E-state index is 0.0501. The highest BCUT2D eigenvalue weighted by molar-refractivity contribution is 6.09. The fraction of sp³-hybridized carbons (Fsp3) is 0.360. The van der Waals surface area contributed by atoms with Crippen LogP contribution in [0.5, 0.6) is 5.75 Å². The van der Waals surface area contributed by atoms with Crippen molar-refractivity contribution in [3.63, 3.8) is 0 Å². The molecule has 156 valence electrons. The zero-order chi connectivity index (χ0) is 21.5. The Kier molecular flexibility index (Phi) is 7.26. The summed E-state index contributed by atoms with van der Waals surface area (Å²) in [6.07, 6.45) is 10.5. The molecule has 0 radical (unpaired) electrons. The molecule has 5 nitrogen and oxygen atoms in total. The van der Waals surface area contributed by atoms with Gasteiger partial charge in [0.1, 0.15) is 5.75 Å². The molecule has 1 heterocycles. The number of carbonyl (C=O) groups excluding carboxylic acids is 1. The molecule has 0 spiro atoms. The molecule has 1 aliphatic carbocycles. The van der Waals surface area contributed by atoms with Gasteiger partial charge in [0, 0.05) is 17.7 Å². The molecule has 0 aromatic heterocycles. The number of benzene rings is 1. The Hall–Kier alpha value is -3.10. The molecule has 1 atom stereocenters. The first-order valence-electron chi connectivity index (χ1n) is 10.4. The number of nitrogens with zero attached hydrogens (tertiary/aromatic N) is 1. The van der Waals surface area contributed by atoms with Gasteiger partial charge in [-0.2, -0.15) is 5.26 Å². The maximum Gasteiger partial charge on any atom is 0.206 e. The van der Waals surface area contributed by atoms with Gasteiger partial charge in [0.25, 0.3) is 0 Å². The van der Waals surface area contributed by atoms with Crippen molar-refractivity contribution in [2.24, 2.45) is 5.92 Å². The molecular weight excluding hydrogens is 374 g/mol. The van der Waals surface area contributed by atoms with Crippen LogP contribution < -0.4 is 15.6 Å². The molecule has 0 amide bonds. The summed E-state index contributed by atoms with van der Waals surface area (Å²) < 4.78 is 5.23. The average molecular weight is 404 g/mol. The van der Waals surface area contributed by atoms with E-state index >= 15 is 0 Å². The summed E-state index contributed by atoms with van der Waals surface area (Å²) in [6, 6.07) is 10.2. The highest BCUT2D eigenvalue weighted by Crippen LogP contribution is 2.29. The molecule has 1 aromatic rings. The number of aryl methyl sites for hydroxylation is 1. The first-order valence-corrected chi connectivity index (χ1v) is 10.4. The van der Waals surface area contributed by atoms with Crippen LogP contribution in [0.4, 0.5) is 0 Å². The average Bonchev–Trinajstić information content (AvgIpc) is 3.20. The predicted octanol–water partition coefficient (Wildman–Crippen LogP) is 4.31. The Balaban J connectivity index is 1.75. The van der Waals surface area contributed by atoms with E-state index in [1.54, 1.807) is 13.2 Å². The summed E-state index contributed by atoms with van der Waals surface area (Å²) >= 11 is 0. The van der Waals surface area contributed by atoms with Crippen LogP contribution in [0.25, 0.3) is 0 Å². The molecule has 0 saturated heterocycles. The van der Waals surface area contributed by atoms with Crippen molar-refractivity contribution in [2.45, 2.75) is 45.6 Å². The minimum atomic E-state index is 0.0501. The van der Waals surface area contributed by atoms with Crippen molar-refractivity contribution in [1.82, 2.24) is 10.9 Å². The number of ether oxygens (including phenoxy) is 1. The Morgan fingerprint density at radius 1 is 1.33 bits per heavy atom. The Labute approximate surface area is 178 Å². The van der Waals surface area contributed by atoms with Gasteiger partial charge in [0.05, 0.1) is 18.9 Å². The third kappa shape index (κ3) is 5.08. The fourth-order valence-electron chi connectivity index (χ4n) is 4.01. The summed E-state index contributed by atoms with van der Waals surface area (Å²) in [7, 11) is 1.67. The number of methoxy groups -OCH3 is 1. The molecular formula is C25H29N3O2. The molecule has 1 aliphatic heterocycles.